The Morgan fingerprint density at radius 2 is 1.94 bits per heavy atom. The molecule has 0 unspecified atom stereocenters. The van der Waals surface area contributed by atoms with Gasteiger partial charge in [0.05, 0.1) is 0 Å². The molecular formula is C27H28O3S. The van der Waals surface area contributed by atoms with E-state index in [-0.39, 0.29) is 11.8 Å². The highest BCUT2D eigenvalue weighted by Gasteiger charge is 2.32. The Morgan fingerprint density at radius 1 is 1.13 bits per heavy atom. The van der Waals surface area contributed by atoms with Gasteiger partial charge in [0.25, 0.3) is 0 Å². The van der Waals surface area contributed by atoms with E-state index in [1.807, 2.05) is 24.3 Å². The third-order valence-corrected chi connectivity index (χ3v) is 7.02. The molecule has 0 fully saturated rings. The number of hydrogen-bond acceptors (Lipinski definition) is 3. The molecule has 0 radical (unpaired) electrons. The van der Waals surface area contributed by atoms with Crippen molar-refractivity contribution in [2.45, 2.75) is 46.1 Å². The summed E-state index contributed by atoms with van der Waals surface area (Å²) in [6.45, 7) is 5.15. The van der Waals surface area contributed by atoms with Gasteiger partial charge >= 0.3 is 5.97 Å². The zero-order chi connectivity index (χ0) is 21.8. The summed E-state index contributed by atoms with van der Waals surface area (Å²) in [6, 6.07) is 18.3. The average molecular weight is 433 g/mol. The highest BCUT2D eigenvalue weighted by Crippen LogP contribution is 2.49. The Hall–Kier alpha value is -2.85. The van der Waals surface area contributed by atoms with Crippen LogP contribution in [0.5, 0.6) is 5.75 Å². The number of thiophene rings is 1. The molecule has 0 atom stereocenters. The highest BCUT2D eigenvalue weighted by molar-refractivity contribution is 7.14. The van der Waals surface area contributed by atoms with Crippen LogP contribution >= 0.6 is 11.3 Å². The number of aryl methyl sites for hydroxylation is 1. The van der Waals surface area contributed by atoms with Crippen molar-refractivity contribution in [3.8, 4) is 16.2 Å². The quantitative estimate of drug-likeness (QED) is 0.409. The first-order valence-corrected chi connectivity index (χ1v) is 11.6. The number of rotatable bonds is 8. The molecule has 0 bridgehead atoms. The van der Waals surface area contributed by atoms with Crippen LogP contribution in [0.2, 0.25) is 0 Å². The lowest BCUT2D eigenvalue weighted by Gasteiger charge is -2.24. The van der Waals surface area contributed by atoms with Crippen molar-refractivity contribution in [2.75, 3.05) is 0 Å². The molecule has 1 N–H and O–H groups in total. The topological polar surface area (TPSA) is 46.5 Å². The molecule has 0 spiro atoms. The van der Waals surface area contributed by atoms with E-state index in [0.29, 0.717) is 13.0 Å². The van der Waals surface area contributed by atoms with E-state index < -0.39 is 5.97 Å². The van der Waals surface area contributed by atoms with Gasteiger partial charge in [-0.05, 0) is 58.9 Å². The van der Waals surface area contributed by atoms with Crippen molar-refractivity contribution in [1.82, 2.24) is 0 Å². The fourth-order valence-corrected chi connectivity index (χ4v) is 5.31. The lowest BCUT2D eigenvalue weighted by Crippen LogP contribution is -2.11. The maximum absolute atomic E-state index is 10.9. The molecule has 4 rings (SSSR count). The number of carboxylic acids is 1. The van der Waals surface area contributed by atoms with Gasteiger partial charge in [0.1, 0.15) is 12.4 Å². The predicted octanol–water partition coefficient (Wildman–Crippen LogP) is 7.21. The van der Waals surface area contributed by atoms with Crippen LogP contribution < -0.4 is 4.74 Å². The molecule has 3 nitrogen and oxygen atoms in total. The minimum atomic E-state index is -0.782. The normalized spacial score (nSPS) is 15.0. The van der Waals surface area contributed by atoms with Crippen LogP contribution in [0.4, 0.5) is 0 Å². The number of ether oxygens (including phenoxy) is 1. The number of allylic oxidation sites excluding steroid dienone is 2. The van der Waals surface area contributed by atoms with Gasteiger partial charge in [-0.1, -0.05) is 62.4 Å². The van der Waals surface area contributed by atoms with E-state index in [1.54, 1.807) is 11.3 Å². The molecule has 0 saturated heterocycles. The lowest BCUT2D eigenvalue weighted by molar-refractivity contribution is -0.136. The molecule has 1 aromatic heterocycles. The summed E-state index contributed by atoms with van der Waals surface area (Å²) in [6.07, 6.45) is 5.30. The summed E-state index contributed by atoms with van der Waals surface area (Å²) in [4.78, 5) is 12.2. The zero-order valence-corrected chi connectivity index (χ0v) is 18.9. The van der Waals surface area contributed by atoms with E-state index in [9.17, 15) is 4.79 Å². The van der Waals surface area contributed by atoms with E-state index in [0.717, 1.165) is 17.7 Å². The SMILES string of the molecule is CC1(C)CCC=C1c1c(COc2cccc(CCC(=O)O)c2)csc1-c1ccccc1. The third kappa shape index (κ3) is 4.91. The molecular weight excluding hydrogens is 404 g/mol. The van der Waals surface area contributed by atoms with E-state index in [4.69, 9.17) is 9.84 Å². The van der Waals surface area contributed by atoms with Crippen molar-refractivity contribution in [1.29, 1.82) is 0 Å². The van der Waals surface area contributed by atoms with Crippen molar-refractivity contribution in [2.24, 2.45) is 5.41 Å². The van der Waals surface area contributed by atoms with Crippen LogP contribution in [-0.2, 0) is 17.8 Å². The van der Waals surface area contributed by atoms with Gasteiger partial charge in [0.15, 0.2) is 0 Å². The standard InChI is InChI=1S/C27H28O3S/c1-27(2)15-7-12-23(27)25-21(18-31-26(25)20-9-4-3-5-10-20)17-30-22-11-6-8-19(16-22)13-14-24(28)29/h3-6,8-12,16,18H,7,13-15,17H2,1-2H3,(H,28,29). The Balaban J connectivity index is 1.61. The van der Waals surface area contributed by atoms with Crippen LogP contribution in [-0.4, -0.2) is 11.1 Å². The second-order valence-electron chi connectivity index (χ2n) is 8.70. The Bertz CT molecular complexity index is 1090. The van der Waals surface area contributed by atoms with Gasteiger partial charge in [-0.15, -0.1) is 11.3 Å². The number of hydrogen-bond donors (Lipinski definition) is 1. The number of carboxylic acid groups (broad SMARTS) is 1. The first-order valence-electron chi connectivity index (χ1n) is 10.7. The molecule has 3 aromatic rings. The van der Waals surface area contributed by atoms with Gasteiger partial charge < -0.3 is 9.84 Å². The van der Waals surface area contributed by atoms with Gasteiger partial charge in [-0.3, -0.25) is 4.79 Å². The maximum Gasteiger partial charge on any atom is 0.303 e. The largest absolute Gasteiger partial charge is 0.489 e. The second kappa shape index (κ2) is 9.11. The fourth-order valence-electron chi connectivity index (χ4n) is 4.23. The van der Waals surface area contributed by atoms with Crippen LogP contribution in [0.25, 0.3) is 16.0 Å². The number of aliphatic carboxylic acids is 1. The molecule has 1 heterocycles. The number of benzene rings is 2. The van der Waals surface area contributed by atoms with Crippen LogP contribution in [0.15, 0.2) is 66.1 Å². The molecule has 1 aliphatic carbocycles. The minimum Gasteiger partial charge on any atom is -0.489 e. The average Bonchev–Trinajstić information content (AvgIpc) is 3.33. The molecule has 4 heteroatoms. The van der Waals surface area contributed by atoms with Gasteiger partial charge in [-0.25, -0.2) is 0 Å². The molecule has 0 saturated carbocycles. The molecule has 0 amide bonds. The first-order chi connectivity index (χ1) is 14.9. The van der Waals surface area contributed by atoms with Crippen molar-refractivity contribution < 1.29 is 14.6 Å². The Morgan fingerprint density at radius 3 is 2.65 bits per heavy atom. The van der Waals surface area contributed by atoms with Crippen molar-refractivity contribution >= 4 is 22.9 Å². The monoisotopic (exact) mass is 432 g/mol. The van der Waals surface area contributed by atoms with Crippen LogP contribution in [0, 0.1) is 5.41 Å². The summed E-state index contributed by atoms with van der Waals surface area (Å²) >= 11 is 1.78. The number of carbonyl (C=O) groups is 1. The molecule has 0 aliphatic heterocycles. The summed E-state index contributed by atoms with van der Waals surface area (Å²) in [5, 5.41) is 11.2. The summed E-state index contributed by atoms with van der Waals surface area (Å²) in [7, 11) is 0. The maximum atomic E-state index is 10.9. The van der Waals surface area contributed by atoms with Crippen LogP contribution in [0.1, 0.15) is 49.8 Å². The fraction of sp³-hybridized carbons (Fsp3) is 0.296. The summed E-state index contributed by atoms with van der Waals surface area (Å²) in [5.74, 6) is -0.00362. The lowest BCUT2D eigenvalue weighted by atomic mass is 9.80. The molecule has 2 aromatic carbocycles. The Kier molecular flexibility index (Phi) is 6.28. The smallest absolute Gasteiger partial charge is 0.303 e. The van der Waals surface area contributed by atoms with Gasteiger partial charge in [-0.2, -0.15) is 0 Å². The van der Waals surface area contributed by atoms with Gasteiger partial charge in [0.2, 0.25) is 0 Å². The molecule has 1 aliphatic rings. The third-order valence-electron chi connectivity index (χ3n) is 5.94. The van der Waals surface area contributed by atoms with E-state index >= 15 is 0 Å². The predicted molar refractivity (Wildman–Crippen MR) is 127 cm³/mol. The molecule has 31 heavy (non-hydrogen) atoms. The first kappa shape index (κ1) is 21.4. The Labute approximate surface area is 188 Å². The summed E-state index contributed by atoms with van der Waals surface area (Å²) in [5.41, 5.74) is 6.32. The summed E-state index contributed by atoms with van der Waals surface area (Å²) < 4.78 is 6.19. The van der Waals surface area contributed by atoms with E-state index in [2.05, 4.69) is 55.6 Å². The van der Waals surface area contributed by atoms with Crippen LogP contribution in [0.3, 0.4) is 0 Å². The van der Waals surface area contributed by atoms with Gasteiger partial charge in [0, 0.05) is 22.4 Å². The minimum absolute atomic E-state index is 0.127. The van der Waals surface area contributed by atoms with Crippen molar-refractivity contribution in [3.05, 3.63) is 82.7 Å². The zero-order valence-electron chi connectivity index (χ0n) is 18.1. The highest BCUT2D eigenvalue weighted by atomic mass is 32.1. The van der Waals surface area contributed by atoms with Crippen molar-refractivity contribution in [3.63, 3.8) is 0 Å². The van der Waals surface area contributed by atoms with E-state index in [1.165, 1.54) is 33.6 Å². The second-order valence-corrected chi connectivity index (χ2v) is 9.58. The molecule has 160 valence electrons.